The van der Waals surface area contributed by atoms with Crippen LogP contribution < -0.4 is 9.62 Å². The minimum absolute atomic E-state index is 0.0654. The molecule has 0 radical (unpaired) electrons. The fourth-order valence-corrected chi connectivity index (χ4v) is 4.80. The van der Waals surface area contributed by atoms with E-state index in [1.165, 1.54) is 35.6 Å². The third kappa shape index (κ3) is 5.15. The first kappa shape index (κ1) is 23.9. The lowest BCUT2D eigenvalue weighted by atomic mass is 9.99. The molecular formula is C28H24N2O4S. The van der Waals surface area contributed by atoms with Gasteiger partial charge in [-0.2, -0.15) is 0 Å². The van der Waals surface area contributed by atoms with Crippen molar-refractivity contribution < 1.29 is 18.0 Å². The van der Waals surface area contributed by atoms with Crippen LogP contribution in [0.3, 0.4) is 0 Å². The summed E-state index contributed by atoms with van der Waals surface area (Å²) in [6.45, 7) is 1.87. The number of carbonyl (C=O) groups is 2. The molecule has 6 nitrogen and oxygen atoms in total. The molecule has 35 heavy (non-hydrogen) atoms. The Labute approximate surface area is 204 Å². The number of nitrogens with one attached hydrogen (secondary N) is 1. The van der Waals surface area contributed by atoms with Crippen LogP contribution in [0.1, 0.15) is 31.8 Å². The standard InChI is InChI=1S/C28H24N2O4S/c1-20-13-18-26(25(19-20)27(31)21-9-5-3-6-10-21)29-28(32)22-14-16-24(17-15-22)35(33,34)30(2)23-11-7-4-8-12-23/h3-19H,1-2H3,(H,29,32). The van der Waals surface area contributed by atoms with Crippen LogP contribution in [0.5, 0.6) is 0 Å². The van der Waals surface area contributed by atoms with Crippen LogP contribution in [-0.2, 0) is 10.0 Å². The molecule has 0 heterocycles. The Morgan fingerprint density at radius 1 is 0.743 bits per heavy atom. The second-order valence-corrected chi connectivity index (χ2v) is 10.0. The molecule has 0 fully saturated rings. The third-order valence-electron chi connectivity index (χ3n) is 5.60. The van der Waals surface area contributed by atoms with Crippen LogP contribution in [0.2, 0.25) is 0 Å². The summed E-state index contributed by atoms with van der Waals surface area (Å²) in [6, 6.07) is 28.5. The Morgan fingerprint density at radius 2 is 1.34 bits per heavy atom. The molecule has 0 bridgehead atoms. The van der Waals surface area contributed by atoms with Gasteiger partial charge in [-0.25, -0.2) is 8.42 Å². The van der Waals surface area contributed by atoms with Gasteiger partial charge in [0.05, 0.1) is 16.3 Å². The maximum Gasteiger partial charge on any atom is 0.264 e. The van der Waals surface area contributed by atoms with Gasteiger partial charge in [0.15, 0.2) is 5.78 Å². The average Bonchev–Trinajstić information content (AvgIpc) is 2.89. The smallest absolute Gasteiger partial charge is 0.264 e. The van der Waals surface area contributed by atoms with Crippen molar-refractivity contribution >= 4 is 33.1 Å². The molecule has 4 rings (SSSR count). The van der Waals surface area contributed by atoms with Crippen molar-refractivity contribution in [3.8, 4) is 0 Å². The number of anilines is 2. The van der Waals surface area contributed by atoms with Gasteiger partial charge in [-0.05, 0) is 55.5 Å². The first-order valence-corrected chi connectivity index (χ1v) is 12.4. The van der Waals surface area contributed by atoms with E-state index in [2.05, 4.69) is 5.32 Å². The maximum absolute atomic E-state index is 13.1. The van der Waals surface area contributed by atoms with Crippen molar-refractivity contribution in [2.45, 2.75) is 11.8 Å². The highest BCUT2D eigenvalue weighted by Crippen LogP contribution is 2.24. The normalized spacial score (nSPS) is 11.0. The fraction of sp³-hybridized carbons (Fsp3) is 0.0714. The van der Waals surface area contributed by atoms with Crippen LogP contribution in [-0.4, -0.2) is 27.2 Å². The van der Waals surface area contributed by atoms with Crippen molar-refractivity contribution in [3.05, 3.63) is 125 Å². The van der Waals surface area contributed by atoms with Gasteiger partial charge < -0.3 is 5.32 Å². The molecule has 1 amide bonds. The van der Waals surface area contributed by atoms with Gasteiger partial charge in [-0.1, -0.05) is 60.2 Å². The number of sulfonamides is 1. The summed E-state index contributed by atoms with van der Waals surface area (Å²) in [7, 11) is -2.31. The zero-order chi connectivity index (χ0) is 25.0. The van der Waals surface area contributed by atoms with E-state index in [9.17, 15) is 18.0 Å². The van der Waals surface area contributed by atoms with Crippen molar-refractivity contribution in [2.24, 2.45) is 0 Å². The van der Waals surface area contributed by atoms with Gasteiger partial charge in [0.1, 0.15) is 0 Å². The minimum Gasteiger partial charge on any atom is -0.321 e. The van der Waals surface area contributed by atoms with Gasteiger partial charge >= 0.3 is 0 Å². The van der Waals surface area contributed by atoms with E-state index in [4.69, 9.17) is 0 Å². The molecule has 0 saturated carbocycles. The van der Waals surface area contributed by atoms with E-state index >= 15 is 0 Å². The SMILES string of the molecule is Cc1ccc(NC(=O)c2ccc(S(=O)(=O)N(C)c3ccccc3)cc2)c(C(=O)c2ccccc2)c1. The highest BCUT2D eigenvalue weighted by Gasteiger charge is 2.22. The van der Waals surface area contributed by atoms with E-state index in [0.717, 1.165) is 5.56 Å². The quantitative estimate of drug-likeness (QED) is 0.361. The van der Waals surface area contributed by atoms with Crippen molar-refractivity contribution in [1.29, 1.82) is 0 Å². The molecule has 0 spiro atoms. The first-order valence-electron chi connectivity index (χ1n) is 10.9. The van der Waals surface area contributed by atoms with E-state index in [0.29, 0.717) is 22.5 Å². The highest BCUT2D eigenvalue weighted by molar-refractivity contribution is 7.92. The lowest BCUT2D eigenvalue weighted by molar-refractivity contribution is 0.102. The minimum atomic E-state index is -3.79. The molecule has 176 valence electrons. The molecule has 0 saturated heterocycles. The number of ketones is 1. The summed E-state index contributed by atoms with van der Waals surface area (Å²) in [5, 5.41) is 2.79. The summed E-state index contributed by atoms with van der Waals surface area (Å²) in [5.74, 6) is -0.647. The zero-order valence-electron chi connectivity index (χ0n) is 19.3. The summed E-state index contributed by atoms with van der Waals surface area (Å²) in [6.07, 6.45) is 0. The van der Waals surface area contributed by atoms with Crippen LogP contribution in [0.4, 0.5) is 11.4 Å². The monoisotopic (exact) mass is 484 g/mol. The van der Waals surface area contributed by atoms with Gasteiger partial charge in [0.25, 0.3) is 15.9 Å². The number of aryl methyl sites for hydroxylation is 1. The number of nitrogens with zero attached hydrogens (tertiary/aromatic N) is 1. The number of benzene rings is 4. The summed E-state index contributed by atoms with van der Waals surface area (Å²) in [5.41, 5.74) is 2.97. The largest absolute Gasteiger partial charge is 0.321 e. The lowest BCUT2D eigenvalue weighted by Crippen LogP contribution is -2.26. The predicted molar refractivity (Wildman–Crippen MR) is 137 cm³/mol. The number of hydrogen-bond donors (Lipinski definition) is 1. The van der Waals surface area contributed by atoms with Gasteiger partial charge in [-0.15, -0.1) is 0 Å². The highest BCUT2D eigenvalue weighted by atomic mass is 32.2. The molecule has 0 aromatic heterocycles. The number of carbonyl (C=O) groups excluding carboxylic acids is 2. The molecule has 0 aliphatic carbocycles. The first-order chi connectivity index (χ1) is 16.8. The fourth-order valence-electron chi connectivity index (χ4n) is 3.61. The van der Waals surface area contributed by atoms with Crippen molar-refractivity contribution in [3.63, 3.8) is 0 Å². The van der Waals surface area contributed by atoms with Crippen LogP contribution in [0, 0.1) is 6.92 Å². The molecule has 1 N–H and O–H groups in total. The van der Waals surface area contributed by atoms with Crippen molar-refractivity contribution in [2.75, 3.05) is 16.7 Å². The van der Waals surface area contributed by atoms with Crippen LogP contribution in [0.25, 0.3) is 0 Å². The molecule has 0 aliphatic rings. The second-order valence-electron chi connectivity index (χ2n) is 8.03. The lowest BCUT2D eigenvalue weighted by Gasteiger charge is -2.19. The Morgan fingerprint density at radius 3 is 1.97 bits per heavy atom. The number of para-hydroxylation sites is 1. The number of rotatable bonds is 7. The molecule has 0 aliphatic heterocycles. The van der Waals surface area contributed by atoms with Crippen LogP contribution >= 0.6 is 0 Å². The molecule has 0 unspecified atom stereocenters. The molecule has 4 aromatic carbocycles. The topological polar surface area (TPSA) is 83.6 Å². The molecule has 4 aromatic rings. The summed E-state index contributed by atoms with van der Waals surface area (Å²) >= 11 is 0. The van der Waals surface area contributed by atoms with Gasteiger partial charge in [-0.3, -0.25) is 13.9 Å². The third-order valence-corrected chi connectivity index (χ3v) is 7.40. The van der Waals surface area contributed by atoms with E-state index in [1.807, 2.05) is 25.1 Å². The summed E-state index contributed by atoms with van der Waals surface area (Å²) < 4.78 is 27.1. The summed E-state index contributed by atoms with van der Waals surface area (Å²) in [4.78, 5) is 26.1. The van der Waals surface area contributed by atoms with Crippen LogP contribution in [0.15, 0.2) is 108 Å². The molecule has 0 atom stereocenters. The Hall–Kier alpha value is -4.23. The van der Waals surface area contributed by atoms with Crippen molar-refractivity contribution in [1.82, 2.24) is 0 Å². The van der Waals surface area contributed by atoms with Gasteiger partial charge in [0, 0.05) is 23.7 Å². The number of amides is 1. The van der Waals surface area contributed by atoms with E-state index < -0.39 is 15.9 Å². The second kappa shape index (κ2) is 9.95. The Bertz CT molecular complexity index is 1470. The van der Waals surface area contributed by atoms with E-state index in [-0.39, 0.29) is 16.2 Å². The Balaban J connectivity index is 1.56. The van der Waals surface area contributed by atoms with E-state index in [1.54, 1.807) is 60.7 Å². The molecule has 7 heteroatoms. The average molecular weight is 485 g/mol. The predicted octanol–water partition coefficient (Wildman–Crippen LogP) is 5.30. The number of hydrogen-bond acceptors (Lipinski definition) is 4. The Kier molecular flexibility index (Phi) is 6.80. The zero-order valence-corrected chi connectivity index (χ0v) is 20.1. The van der Waals surface area contributed by atoms with Gasteiger partial charge in [0.2, 0.25) is 0 Å². The molecular weight excluding hydrogens is 460 g/mol. The maximum atomic E-state index is 13.1.